The number of para-hydroxylation sites is 1. The van der Waals surface area contributed by atoms with Crippen molar-refractivity contribution in [2.45, 2.75) is 13.8 Å². The molecule has 9 heteroatoms. The number of aryl methyl sites for hydroxylation is 2. The maximum atomic E-state index is 12.8. The first kappa shape index (κ1) is 25.7. The minimum atomic E-state index is -0.540. The molecule has 1 saturated heterocycles. The Kier molecular flexibility index (Phi) is 7.74. The number of amides is 3. The number of methoxy groups -OCH3 is 1. The molecule has 0 saturated carbocycles. The Morgan fingerprint density at radius 2 is 1.54 bits per heavy atom. The highest BCUT2D eigenvalue weighted by Gasteiger charge is 2.36. The average Bonchev–Trinajstić information content (AvgIpc) is 3.14. The molecule has 1 N–H and O–H groups in total. The Labute approximate surface area is 218 Å². The monoisotopic (exact) mass is 516 g/mol. The van der Waals surface area contributed by atoms with Crippen LogP contribution in [0.3, 0.4) is 0 Å². The Balaban J connectivity index is 1.38. The van der Waals surface area contributed by atoms with Crippen molar-refractivity contribution in [1.82, 2.24) is 4.90 Å². The van der Waals surface area contributed by atoms with Crippen LogP contribution in [0.5, 0.6) is 11.5 Å². The Bertz CT molecular complexity index is 1380. The van der Waals surface area contributed by atoms with Gasteiger partial charge in [0.05, 0.1) is 17.6 Å². The van der Waals surface area contributed by atoms with Crippen LogP contribution in [0.15, 0.2) is 71.6 Å². The molecule has 3 aromatic carbocycles. The predicted octanol–water partition coefficient (Wildman–Crippen LogP) is 5.21. The summed E-state index contributed by atoms with van der Waals surface area (Å²) in [6.45, 7) is 3.36. The van der Waals surface area contributed by atoms with Gasteiger partial charge in [-0.15, -0.1) is 0 Å². The van der Waals surface area contributed by atoms with E-state index in [0.29, 0.717) is 28.3 Å². The number of esters is 1. The number of benzene rings is 3. The highest BCUT2D eigenvalue weighted by atomic mass is 32.2. The molecule has 3 aromatic rings. The zero-order chi connectivity index (χ0) is 26.5. The molecule has 37 heavy (non-hydrogen) atoms. The largest absolute Gasteiger partial charge is 0.497 e. The molecule has 1 aliphatic rings. The van der Waals surface area contributed by atoms with Gasteiger partial charge in [-0.2, -0.15) is 0 Å². The van der Waals surface area contributed by atoms with Crippen molar-refractivity contribution in [3.8, 4) is 11.5 Å². The molecular formula is C28H24N2O6S. The number of carbonyl (C=O) groups is 4. The minimum absolute atomic E-state index is 0.202. The fourth-order valence-electron chi connectivity index (χ4n) is 3.65. The number of nitrogens with zero attached hydrogens (tertiary/aromatic N) is 1. The van der Waals surface area contributed by atoms with Gasteiger partial charge in [0.1, 0.15) is 18.0 Å². The smallest absolute Gasteiger partial charge is 0.343 e. The molecule has 1 fully saturated rings. The summed E-state index contributed by atoms with van der Waals surface area (Å²) in [7, 11) is 1.54. The summed E-state index contributed by atoms with van der Waals surface area (Å²) >= 11 is 0.769. The van der Waals surface area contributed by atoms with Crippen LogP contribution < -0.4 is 14.8 Å². The maximum Gasteiger partial charge on any atom is 0.343 e. The van der Waals surface area contributed by atoms with Crippen molar-refractivity contribution in [2.24, 2.45) is 0 Å². The standard InChI is InChI=1S/C28H24N2O6S/c1-17-5-4-6-18(2)25(17)29-24(31)16-30-26(32)23(37-28(30)34)15-19-7-11-22(12-8-19)36-27(33)20-9-13-21(35-3)14-10-20/h4-15H,16H2,1-3H3,(H,29,31)/b23-15+. The van der Waals surface area contributed by atoms with Gasteiger partial charge >= 0.3 is 5.97 Å². The number of nitrogens with one attached hydrogen (secondary N) is 1. The van der Waals surface area contributed by atoms with Gasteiger partial charge in [0.15, 0.2) is 0 Å². The zero-order valence-electron chi connectivity index (χ0n) is 20.4. The number of imide groups is 1. The molecule has 188 valence electrons. The van der Waals surface area contributed by atoms with Crippen molar-refractivity contribution in [3.05, 3.63) is 93.9 Å². The van der Waals surface area contributed by atoms with Crippen molar-refractivity contribution in [1.29, 1.82) is 0 Å². The third-order valence-electron chi connectivity index (χ3n) is 5.63. The minimum Gasteiger partial charge on any atom is -0.497 e. The third-order valence-corrected chi connectivity index (χ3v) is 6.54. The molecular weight excluding hydrogens is 492 g/mol. The fourth-order valence-corrected chi connectivity index (χ4v) is 4.49. The second-order valence-corrected chi connectivity index (χ2v) is 9.26. The van der Waals surface area contributed by atoms with Gasteiger partial charge in [-0.1, -0.05) is 30.3 Å². The number of thioether (sulfide) groups is 1. The Morgan fingerprint density at radius 3 is 2.16 bits per heavy atom. The van der Waals surface area contributed by atoms with Crippen molar-refractivity contribution >= 4 is 46.5 Å². The second-order valence-electron chi connectivity index (χ2n) is 8.27. The molecule has 1 aliphatic heterocycles. The van der Waals surface area contributed by atoms with Crippen LogP contribution in [-0.4, -0.2) is 41.6 Å². The topological polar surface area (TPSA) is 102 Å². The van der Waals surface area contributed by atoms with Crippen molar-refractivity contribution in [2.75, 3.05) is 19.0 Å². The van der Waals surface area contributed by atoms with E-state index in [4.69, 9.17) is 9.47 Å². The van der Waals surface area contributed by atoms with Crippen LogP contribution >= 0.6 is 11.8 Å². The molecule has 0 spiro atoms. The van der Waals surface area contributed by atoms with E-state index in [-0.39, 0.29) is 11.4 Å². The lowest BCUT2D eigenvalue weighted by molar-refractivity contribution is -0.127. The molecule has 0 atom stereocenters. The van der Waals surface area contributed by atoms with Crippen LogP contribution in [0.2, 0.25) is 0 Å². The Morgan fingerprint density at radius 1 is 0.919 bits per heavy atom. The molecule has 4 rings (SSSR count). The van der Waals surface area contributed by atoms with Gasteiger partial charge in [-0.25, -0.2) is 4.79 Å². The number of hydrogen-bond acceptors (Lipinski definition) is 7. The summed E-state index contributed by atoms with van der Waals surface area (Å²) in [5.74, 6) is -0.553. The van der Waals surface area contributed by atoms with Gasteiger partial charge in [-0.3, -0.25) is 19.3 Å². The average molecular weight is 517 g/mol. The number of hydrogen-bond donors (Lipinski definition) is 1. The van der Waals surface area contributed by atoms with Crippen LogP contribution in [0.1, 0.15) is 27.0 Å². The highest BCUT2D eigenvalue weighted by Crippen LogP contribution is 2.32. The summed E-state index contributed by atoms with van der Waals surface area (Å²) in [6.07, 6.45) is 1.56. The van der Waals surface area contributed by atoms with Gasteiger partial charge in [0.25, 0.3) is 11.1 Å². The summed E-state index contributed by atoms with van der Waals surface area (Å²) in [4.78, 5) is 51.3. The molecule has 0 aromatic heterocycles. The van der Waals surface area contributed by atoms with Crippen molar-refractivity contribution in [3.63, 3.8) is 0 Å². The van der Waals surface area contributed by atoms with E-state index in [1.54, 1.807) is 61.7 Å². The van der Waals surface area contributed by atoms with Crippen LogP contribution in [0.4, 0.5) is 10.5 Å². The van der Waals surface area contributed by atoms with E-state index < -0.39 is 23.0 Å². The predicted molar refractivity (Wildman–Crippen MR) is 142 cm³/mol. The van der Waals surface area contributed by atoms with Crippen LogP contribution in [0, 0.1) is 13.8 Å². The van der Waals surface area contributed by atoms with E-state index in [2.05, 4.69) is 5.32 Å². The molecule has 0 radical (unpaired) electrons. The quantitative estimate of drug-likeness (QED) is 0.261. The first-order valence-electron chi connectivity index (χ1n) is 11.3. The third kappa shape index (κ3) is 6.07. The zero-order valence-corrected chi connectivity index (χ0v) is 21.3. The molecule has 0 bridgehead atoms. The summed E-state index contributed by atoms with van der Waals surface area (Å²) in [5.41, 5.74) is 3.46. The van der Waals surface area contributed by atoms with Gasteiger partial charge in [-0.05, 0) is 84.8 Å². The van der Waals surface area contributed by atoms with E-state index >= 15 is 0 Å². The number of anilines is 1. The van der Waals surface area contributed by atoms with E-state index in [1.807, 2.05) is 32.0 Å². The van der Waals surface area contributed by atoms with Crippen molar-refractivity contribution < 1.29 is 28.7 Å². The normalized spacial score (nSPS) is 14.1. The fraction of sp³-hybridized carbons (Fsp3) is 0.143. The first-order valence-corrected chi connectivity index (χ1v) is 12.1. The lowest BCUT2D eigenvalue weighted by Crippen LogP contribution is -2.36. The van der Waals surface area contributed by atoms with E-state index in [1.165, 1.54) is 0 Å². The van der Waals surface area contributed by atoms with Crippen LogP contribution in [0.25, 0.3) is 6.08 Å². The number of ether oxygens (including phenoxy) is 2. The lowest BCUT2D eigenvalue weighted by atomic mass is 10.1. The maximum absolute atomic E-state index is 12.8. The summed E-state index contributed by atoms with van der Waals surface area (Å²) in [6, 6.07) is 18.7. The van der Waals surface area contributed by atoms with E-state index in [0.717, 1.165) is 27.8 Å². The molecule has 1 heterocycles. The van der Waals surface area contributed by atoms with Gasteiger partial charge < -0.3 is 14.8 Å². The molecule has 8 nitrogen and oxygen atoms in total. The molecule has 0 aliphatic carbocycles. The van der Waals surface area contributed by atoms with Gasteiger partial charge in [0, 0.05) is 5.69 Å². The SMILES string of the molecule is COc1ccc(C(=O)Oc2ccc(/C=C3/SC(=O)N(CC(=O)Nc4c(C)cccc4C)C3=O)cc2)cc1. The number of rotatable bonds is 7. The van der Waals surface area contributed by atoms with E-state index in [9.17, 15) is 19.2 Å². The van der Waals surface area contributed by atoms with Crippen LogP contribution in [-0.2, 0) is 9.59 Å². The van der Waals surface area contributed by atoms with Gasteiger partial charge in [0.2, 0.25) is 5.91 Å². The summed E-state index contributed by atoms with van der Waals surface area (Å²) < 4.78 is 10.5. The number of carbonyl (C=O) groups excluding carboxylic acids is 4. The Hall–Kier alpha value is -4.37. The second kappa shape index (κ2) is 11.1. The lowest BCUT2D eigenvalue weighted by Gasteiger charge is -2.15. The first-order chi connectivity index (χ1) is 17.7. The molecule has 3 amide bonds. The summed E-state index contributed by atoms with van der Waals surface area (Å²) in [5, 5.41) is 2.27. The molecule has 0 unspecified atom stereocenters. The highest BCUT2D eigenvalue weighted by molar-refractivity contribution is 8.18.